The summed E-state index contributed by atoms with van der Waals surface area (Å²) in [5.41, 5.74) is 1.74. The van der Waals surface area contributed by atoms with Crippen LogP contribution in [0.1, 0.15) is 37.3 Å². The van der Waals surface area contributed by atoms with Crippen molar-refractivity contribution in [2.45, 2.75) is 45.1 Å². The lowest BCUT2D eigenvalue weighted by Gasteiger charge is -2.32. The molecule has 1 amide bonds. The van der Waals surface area contributed by atoms with E-state index in [1.165, 1.54) is 4.90 Å². The highest BCUT2D eigenvalue weighted by atomic mass is 16.4. The quantitative estimate of drug-likeness (QED) is 0.903. The molecule has 2 aromatic rings. The van der Waals surface area contributed by atoms with Gasteiger partial charge in [0.05, 0.1) is 5.69 Å². The van der Waals surface area contributed by atoms with E-state index < -0.39 is 12.0 Å². The van der Waals surface area contributed by atoms with Crippen LogP contribution in [0, 0.1) is 6.92 Å². The van der Waals surface area contributed by atoms with E-state index in [2.05, 4.69) is 4.98 Å². The van der Waals surface area contributed by atoms with Crippen molar-refractivity contribution in [2.24, 2.45) is 0 Å². The standard InChI is InChI=1S/C19H22N2O4/c1-13-18(14-7-3-2-4-8-14)25-16(20-13)10-11-17(22)21-12-6-5-9-15(21)19(23)24/h2-4,7-8,15H,5-6,9-12H2,1H3,(H,23,24)/t15-/m1/s1. The lowest BCUT2D eigenvalue weighted by molar-refractivity contribution is -0.152. The van der Waals surface area contributed by atoms with Crippen LogP contribution in [0.25, 0.3) is 11.3 Å². The summed E-state index contributed by atoms with van der Waals surface area (Å²) in [6.07, 6.45) is 2.80. The molecule has 1 aliphatic heterocycles. The molecule has 0 aliphatic carbocycles. The summed E-state index contributed by atoms with van der Waals surface area (Å²) in [6.45, 7) is 2.39. The zero-order chi connectivity index (χ0) is 17.8. The van der Waals surface area contributed by atoms with Crippen LogP contribution in [0.4, 0.5) is 0 Å². The molecule has 132 valence electrons. The first-order valence-corrected chi connectivity index (χ1v) is 8.60. The van der Waals surface area contributed by atoms with Gasteiger partial charge in [-0.2, -0.15) is 0 Å². The van der Waals surface area contributed by atoms with E-state index >= 15 is 0 Å². The summed E-state index contributed by atoms with van der Waals surface area (Å²) in [7, 11) is 0. The molecule has 25 heavy (non-hydrogen) atoms. The van der Waals surface area contributed by atoms with Crippen molar-refractivity contribution in [3.05, 3.63) is 41.9 Å². The average molecular weight is 342 g/mol. The molecule has 0 spiro atoms. The number of oxazole rings is 1. The Labute approximate surface area is 146 Å². The van der Waals surface area contributed by atoms with E-state index in [1.54, 1.807) is 0 Å². The third-order valence-corrected chi connectivity index (χ3v) is 4.54. The van der Waals surface area contributed by atoms with Crippen molar-refractivity contribution in [1.29, 1.82) is 0 Å². The number of carbonyl (C=O) groups is 2. The number of hydrogen-bond acceptors (Lipinski definition) is 4. The van der Waals surface area contributed by atoms with E-state index in [9.17, 15) is 14.7 Å². The maximum atomic E-state index is 12.4. The maximum Gasteiger partial charge on any atom is 0.326 e. The molecule has 0 bridgehead atoms. The van der Waals surface area contributed by atoms with Crippen LogP contribution in [0.3, 0.4) is 0 Å². The molecule has 6 heteroatoms. The number of carboxylic acid groups (broad SMARTS) is 1. The Balaban J connectivity index is 1.65. The number of hydrogen-bond donors (Lipinski definition) is 1. The minimum Gasteiger partial charge on any atom is -0.480 e. The summed E-state index contributed by atoms with van der Waals surface area (Å²) >= 11 is 0. The zero-order valence-electron chi connectivity index (χ0n) is 14.3. The summed E-state index contributed by atoms with van der Waals surface area (Å²) < 4.78 is 5.81. The predicted molar refractivity (Wildman–Crippen MR) is 92.0 cm³/mol. The highest BCUT2D eigenvalue weighted by Gasteiger charge is 2.31. The number of likely N-dealkylation sites (tertiary alicyclic amines) is 1. The summed E-state index contributed by atoms with van der Waals surface area (Å²) in [6, 6.07) is 9.01. The van der Waals surface area contributed by atoms with Gasteiger partial charge in [-0.05, 0) is 26.2 Å². The Hall–Kier alpha value is -2.63. The largest absolute Gasteiger partial charge is 0.480 e. The van der Waals surface area contributed by atoms with Crippen molar-refractivity contribution in [2.75, 3.05) is 6.54 Å². The summed E-state index contributed by atoms with van der Waals surface area (Å²) in [5.74, 6) is 0.147. The molecule has 1 aromatic carbocycles. The molecule has 1 aromatic heterocycles. The Kier molecular flexibility index (Phi) is 5.16. The fourth-order valence-corrected chi connectivity index (χ4v) is 3.26. The van der Waals surface area contributed by atoms with Gasteiger partial charge >= 0.3 is 5.97 Å². The molecule has 0 unspecified atom stereocenters. The number of aryl methyl sites for hydroxylation is 2. The van der Waals surface area contributed by atoms with Crippen molar-refractivity contribution < 1.29 is 19.1 Å². The molecule has 2 heterocycles. The smallest absolute Gasteiger partial charge is 0.326 e. The number of nitrogens with zero attached hydrogens (tertiary/aromatic N) is 2. The highest BCUT2D eigenvalue weighted by Crippen LogP contribution is 2.25. The van der Waals surface area contributed by atoms with E-state index in [-0.39, 0.29) is 12.3 Å². The number of aliphatic carboxylic acids is 1. The molecular weight excluding hydrogens is 320 g/mol. The van der Waals surface area contributed by atoms with Crippen LogP contribution in [-0.4, -0.2) is 39.5 Å². The number of amides is 1. The van der Waals surface area contributed by atoms with Crippen molar-refractivity contribution in [3.8, 4) is 11.3 Å². The molecule has 0 saturated carbocycles. The van der Waals surface area contributed by atoms with Crippen LogP contribution in [0.15, 0.2) is 34.7 Å². The van der Waals surface area contributed by atoms with Crippen LogP contribution < -0.4 is 0 Å². The van der Waals surface area contributed by atoms with Crippen molar-refractivity contribution >= 4 is 11.9 Å². The lowest BCUT2D eigenvalue weighted by Crippen LogP contribution is -2.48. The number of carboxylic acids is 1. The van der Waals surface area contributed by atoms with Crippen LogP contribution >= 0.6 is 0 Å². The number of rotatable bonds is 5. The summed E-state index contributed by atoms with van der Waals surface area (Å²) in [4.78, 5) is 29.7. The van der Waals surface area contributed by atoms with Gasteiger partial charge in [0.25, 0.3) is 0 Å². The minimum absolute atomic E-state index is 0.149. The summed E-state index contributed by atoms with van der Waals surface area (Å²) in [5, 5.41) is 9.28. The normalized spacial score (nSPS) is 17.5. The van der Waals surface area contributed by atoms with Gasteiger partial charge in [-0.15, -0.1) is 0 Å². The molecule has 1 saturated heterocycles. The molecule has 1 N–H and O–H groups in total. The lowest BCUT2D eigenvalue weighted by atomic mass is 10.0. The fourth-order valence-electron chi connectivity index (χ4n) is 3.26. The second-order valence-electron chi connectivity index (χ2n) is 6.33. The fraction of sp³-hybridized carbons (Fsp3) is 0.421. The Morgan fingerprint density at radius 1 is 1.28 bits per heavy atom. The maximum absolute atomic E-state index is 12.4. The molecule has 1 atom stereocenters. The molecule has 1 fully saturated rings. The predicted octanol–water partition coefficient (Wildman–Crippen LogP) is 3.05. The molecule has 6 nitrogen and oxygen atoms in total. The number of carbonyl (C=O) groups excluding carboxylic acids is 1. The highest BCUT2D eigenvalue weighted by molar-refractivity contribution is 5.84. The van der Waals surface area contributed by atoms with Gasteiger partial charge in [-0.25, -0.2) is 9.78 Å². The molecule has 3 rings (SSSR count). The SMILES string of the molecule is Cc1nc(CCC(=O)N2CCCC[C@@H]2C(=O)O)oc1-c1ccccc1. The van der Waals surface area contributed by atoms with Gasteiger partial charge in [-0.1, -0.05) is 30.3 Å². The van der Waals surface area contributed by atoms with Gasteiger partial charge in [0.15, 0.2) is 11.7 Å². The third kappa shape index (κ3) is 3.90. The van der Waals surface area contributed by atoms with Gasteiger partial charge in [0.1, 0.15) is 6.04 Å². The Bertz CT molecular complexity index is 754. The Morgan fingerprint density at radius 3 is 2.76 bits per heavy atom. The van der Waals surface area contributed by atoms with E-state index in [0.29, 0.717) is 31.0 Å². The van der Waals surface area contributed by atoms with E-state index in [0.717, 1.165) is 24.1 Å². The molecule has 1 aliphatic rings. The van der Waals surface area contributed by atoms with Crippen molar-refractivity contribution in [1.82, 2.24) is 9.88 Å². The first-order chi connectivity index (χ1) is 12.1. The van der Waals surface area contributed by atoms with Crippen LogP contribution in [0.5, 0.6) is 0 Å². The third-order valence-electron chi connectivity index (χ3n) is 4.54. The molecular formula is C19H22N2O4. The minimum atomic E-state index is -0.925. The first-order valence-electron chi connectivity index (χ1n) is 8.60. The average Bonchev–Trinajstić information content (AvgIpc) is 3.01. The monoisotopic (exact) mass is 342 g/mol. The zero-order valence-corrected chi connectivity index (χ0v) is 14.3. The van der Waals surface area contributed by atoms with Crippen molar-refractivity contribution in [3.63, 3.8) is 0 Å². The van der Waals surface area contributed by atoms with Gasteiger partial charge in [0, 0.05) is 24.9 Å². The number of benzene rings is 1. The number of aromatic nitrogens is 1. The van der Waals surface area contributed by atoms with E-state index in [1.807, 2.05) is 37.3 Å². The van der Waals surface area contributed by atoms with Gasteiger partial charge in [-0.3, -0.25) is 4.79 Å². The van der Waals surface area contributed by atoms with E-state index in [4.69, 9.17) is 4.42 Å². The Morgan fingerprint density at radius 2 is 2.04 bits per heavy atom. The van der Waals surface area contributed by atoms with Crippen LogP contribution in [-0.2, 0) is 16.0 Å². The molecule has 0 radical (unpaired) electrons. The number of piperidine rings is 1. The first kappa shape index (κ1) is 17.2. The topological polar surface area (TPSA) is 83.6 Å². The van der Waals surface area contributed by atoms with Gasteiger partial charge < -0.3 is 14.4 Å². The second kappa shape index (κ2) is 7.51. The van der Waals surface area contributed by atoms with Gasteiger partial charge in [0.2, 0.25) is 5.91 Å². The second-order valence-corrected chi connectivity index (χ2v) is 6.33. The van der Waals surface area contributed by atoms with Crippen LogP contribution in [0.2, 0.25) is 0 Å².